The second-order valence-electron chi connectivity index (χ2n) is 4.64. The Morgan fingerprint density at radius 3 is 2.78 bits per heavy atom. The molecular formula is C13H18BrN3O. The maximum Gasteiger partial charge on any atom is 0.222 e. The van der Waals surface area contributed by atoms with E-state index in [2.05, 4.69) is 38.1 Å². The fraction of sp³-hybridized carbons (Fsp3) is 0.538. The molecule has 1 aromatic rings. The number of carbonyl (C=O) groups is 1. The summed E-state index contributed by atoms with van der Waals surface area (Å²) < 4.78 is 1.06. The molecule has 0 radical (unpaired) electrons. The zero-order valence-electron chi connectivity index (χ0n) is 10.7. The predicted molar refractivity (Wildman–Crippen MR) is 75.7 cm³/mol. The van der Waals surface area contributed by atoms with E-state index in [1.165, 1.54) is 5.56 Å². The van der Waals surface area contributed by atoms with Crippen molar-refractivity contribution in [2.45, 2.75) is 19.8 Å². The van der Waals surface area contributed by atoms with Crippen molar-refractivity contribution in [3.63, 3.8) is 0 Å². The number of aryl methyl sites for hydroxylation is 1. The minimum absolute atomic E-state index is 0.148. The lowest BCUT2D eigenvalue weighted by Gasteiger charge is -2.32. The summed E-state index contributed by atoms with van der Waals surface area (Å²) in [5.41, 5.74) is 1.19. The van der Waals surface area contributed by atoms with Crippen LogP contribution in [0.15, 0.2) is 16.7 Å². The molecule has 0 aliphatic carbocycles. The van der Waals surface area contributed by atoms with Crippen LogP contribution in [0.3, 0.4) is 0 Å². The zero-order valence-corrected chi connectivity index (χ0v) is 12.3. The van der Waals surface area contributed by atoms with Gasteiger partial charge in [0.1, 0.15) is 5.82 Å². The van der Waals surface area contributed by atoms with Crippen molar-refractivity contribution < 1.29 is 4.79 Å². The third-order valence-corrected chi connectivity index (χ3v) is 4.46. The SMILES string of the molecule is CNC(=O)C1CCN(c2nccc(C)c2Br)CC1. The molecule has 0 atom stereocenters. The van der Waals surface area contributed by atoms with Crippen LogP contribution in [0.25, 0.3) is 0 Å². The van der Waals surface area contributed by atoms with E-state index in [4.69, 9.17) is 0 Å². The monoisotopic (exact) mass is 311 g/mol. The Hall–Kier alpha value is -1.10. The number of rotatable bonds is 2. The molecule has 2 heterocycles. The van der Waals surface area contributed by atoms with E-state index in [9.17, 15) is 4.79 Å². The molecule has 2 rings (SSSR count). The van der Waals surface area contributed by atoms with Crippen molar-refractivity contribution in [1.29, 1.82) is 0 Å². The van der Waals surface area contributed by atoms with Crippen LogP contribution in [0.4, 0.5) is 5.82 Å². The summed E-state index contributed by atoms with van der Waals surface area (Å²) >= 11 is 3.59. The molecule has 5 heteroatoms. The fourth-order valence-electron chi connectivity index (χ4n) is 2.30. The number of pyridine rings is 1. The van der Waals surface area contributed by atoms with Crippen molar-refractivity contribution in [1.82, 2.24) is 10.3 Å². The van der Waals surface area contributed by atoms with Gasteiger partial charge in [-0.05, 0) is 47.3 Å². The van der Waals surface area contributed by atoms with E-state index in [1.54, 1.807) is 7.05 Å². The van der Waals surface area contributed by atoms with E-state index in [0.717, 1.165) is 36.2 Å². The summed E-state index contributed by atoms with van der Waals surface area (Å²) in [6, 6.07) is 1.99. The minimum Gasteiger partial charge on any atom is -0.359 e. The summed E-state index contributed by atoms with van der Waals surface area (Å²) in [4.78, 5) is 18.3. The summed E-state index contributed by atoms with van der Waals surface area (Å²) in [5, 5.41) is 2.73. The molecule has 1 aromatic heterocycles. The molecule has 4 nitrogen and oxygen atoms in total. The van der Waals surface area contributed by atoms with Crippen molar-refractivity contribution in [3.05, 3.63) is 22.3 Å². The second-order valence-corrected chi connectivity index (χ2v) is 5.43. The smallest absolute Gasteiger partial charge is 0.222 e. The Morgan fingerprint density at radius 1 is 1.50 bits per heavy atom. The van der Waals surface area contributed by atoms with Gasteiger partial charge in [0.15, 0.2) is 0 Å². The standard InChI is InChI=1S/C13H18BrN3O/c1-9-3-6-16-12(11(9)14)17-7-4-10(5-8-17)13(18)15-2/h3,6,10H,4-5,7-8H2,1-2H3,(H,15,18). The summed E-state index contributed by atoms with van der Waals surface area (Å²) in [6.07, 6.45) is 3.61. The van der Waals surface area contributed by atoms with Gasteiger partial charge < -0.3 is 10.2 Å². The first-order chi connectivity index (χ1) is 8.63. The summed E-state index contributed by atoms with van der Waals surface area (Å²) in [7, 11) is 1.70. The Balaban J connectivity index is 2.06. The molecule has 0 bridgehead atoms. The van der Waals surface area contributed by atoms with Crippen LogP contribution in [0.2, 0.25) is 0 Å². The van der Waals surface area contributed by atoms with Gasteiger partial charge in [-0.25, -0.2) is 4.98 Å². The number of anilines is 1. The molecule has 1 amide bonds. The highest BCUT2D eigenvalue weighted by atomic mass is 79.9. The van der Waals surface area contributed by atoms with Gasteiger partial charge in [-0.1, -0.05) is 0 Å². The average molecular weight is 312 g/mol. The topological polar surface area (TPSA) is 45.2 Å². The first-order valence-corrected chi connectivity index (χ1v) is 7.00. The van der Waals surface area contributed by atoms with Crippen LogP contribution in [-0.4, -0.2) is 31.0 Å². The Bertz CT molecular complexity index is 442. The van der Waals surface area contributed by atoms with E-state index in [0.29, 0.717) is 0 Å². The number of aromatic nitrogens is 1. The van der Waals surface area contributed by atoms with Crippen molar-refractivity contribution in [2.75, 3.05) is 25.0 Å². The van der Waals surface area contributed by atoms with Gasteiger partial charge in [0.05, 0.1) is 4.47 Å². The first-order valence-electron chi connectivity index (χ1n) is 6.21. The van der Waals surface area contributed by atoms with Gasteiger partial charge in [0.25, 0.3) is 0 Å². The van der Waals surface area contributed by atoms with Gasteiger partial charge in [-0.2, -0.15) is 0 Å². The lowest BCUT2D eigenvalue weighted by molar-refractivity contribution is -0.125. The molecule has 98 valence electrons. The van der Waals surface area contributed by atoms with Crippen LogP contribution in [0, 0.1) is 12.8 Å². The normalized spacial score (nSPS) is 16.7. The largest absolute Gasteiger partial charge is 0.359 e. The maximum atomic E-state index is 11.6. The third kappa shape index (κ3) is 2.66. The molecule has 18 heavy (non-hydrogen) atoms. The Labute approximate surface area is 116 Å². The van der Waals surface area contributed by atoms with Gasteiger partial charge in [-0.15, -0.1) is 0 Å². The van der Waals surface area contributed by atoms with Gasteiger partial charge in [-0.3, -0.25) is 4.79 Å². The molecular weight excluding hydrogens is 294 g/mol. The van der Waals surface area contributed by atoms with Crippen LogP contribution >= 0.6 is 15.9 Å². The average Bonchev–Trinajstić information content (AvgIpc) is 2.41. The molecule has 0 saturated carbocycles. The van der Waals surface area contributed by atoms with E-state index < -0.39 is 0 Å². The molecule has 1 fully saturated rings. The molecule has 1 aliphatic heterocycles. The molecule has 0 aromatic carbocycles. The third-order valence-electron chi connectivity index (χ3n) is 3.48. The molecule has 1 N–H and O–H groups in total. The Morgan fingerprint density at radius 2 is 2.17 bits per heavy atom. The van der Waals surface area contributed by atoms with E-state index >= 15 is 0 Å². The molecule has 1 saturated heterocycles. The number of piperidine rings is 1. The van der Waals surface area contributed by atoms with Gasteiger partial charge >= 0.3 is 0 Å². The van der Waals surface area contributed by atoms with Crippen LogP contribution in [-0.2, 0) is 4.79 Å². The van der Waals surface area contributed by atoms with Crippen LogP contribution in [0.1, 0.15) is 18.4 Å². The number of halogens is 1. The Kier molecular flexibility index (Phi) is 4.22. The van der Waals surface area contributed by atoms with Gasteiger partial charge in [0.2, 0.25) is 5.91 Å². The number of hydrogen-bond acceptors (Lipinski definition) is 3. The van der Waals surface area contributed by atoms with Crippen LogP contribution in [0.5, 0.6) is 0 Å². The van der Waals surface area contributed by atoms with E-state index in [1.807, 2.05) is 12.3 Å². The van der Waals surface area contributed by atoms with Crippen LogP contribution < -0.4 is 10.2 Å². The van der Waals surface area contributed by atoms with E-state index in [-0.39, 0.29) is 11.8 Å². The quantitative estimate of drug-likeness (QED) is 0.910. The number of nitrogens with zero attached hydrogens (tertiary/aromatic N) is 2. The zero-order chi connectivity index (χ0) is 13.1. The molecule has 0 unspecified atom stereocenters. The van der Waals surface area contributed by atoms with Crippen molar-refractivity contribution in [2.24, 2.45) is 5.92 Å². The highest BCUT2D eigenvalue weighted by Crippen LogP contribution is 2.30. The molecule has 0 spiro atoms. The predicted octanol–water partition coefficient (Wildman–Crippen LogP) is 2.11. The number of carbonyl (C=O) groups excluding carboxylic acids is 1. The molecule has 1 aliphatic rings. The highest BCUT2D eigenvalue weighted by molar-refractivity contribution is 9.10. The maximum absolute atomic E-state index is 11.6. The lowest BCUT2D eigenvalue weighted by Crippen LogP contribution is -2.40. The first kappa shape index (κ1) is 13.3. The fourth-order valence-corrected chi connectivity index (χ4v) is 2.79. The summed E-state index contributed by atoms with van der Waals surface area (Å²) in [6.45, 7) is 3.83. The van der Waals surface area contributed by atoms with Crippen molar-refractivity contribution in [3.8, 4) is 0 Å². The lowest BCUT2D eigenvalue weighted by atomic mass is 9.96. The van der Waals surface area contributed by atoms with Gasteiger partial charge in [0, 0.05) is 32.3 Å². The number of nitrogens with one attached hydrogen (secondary N) is 1. The number of hydrogen-bond donors (Lipinski definition) is 1. The minimum atomic E-state index is 0.148. The van der Waals surface area contributed by atoms with Crippen molar-refractivity contribution >= 4 is 27.7 Å². The second kappa shape index (κ2) is 5.69. The number of amides is 1. The highest BCUT2D eigenvalue weighted by Gasteiger charge is 2.25. The summed E-state index contributed by atoms with van der Waals surface area (Å²) in [5.74, 6) is 1.30.